The maximum atomic E-state index is 13.2. The quantitative estimate of drug-likeness (QED) is 0.655. The second-order valence-corrected chi connectivity index (χ2v) is 7.38. The van der Waals surface area contributed by atoms with E-state index in [1.54, 1.807) is 30.3 Å². The Labute approximate surface area is 160 Å². The lowest BCUT2D eigenvalue weighted by molar-refractivity contribution is -0.127. The summed E-state index contributed by atoms with van der Waals surface area (Å²) in [4.78, 5) is 30.5. The Balaban J connectivity index is 1.57. The molecule has 1 amide bonds. The van der Waals surface area contributed by atoms with E-state index in [2.05, 4.69) is 4.98 Å². The van der Waals surface area contributed by atoms with E-state index >= 15 is 0 Å². The minimum absolute atomic E-state index is 0.0580. The summed E-state index contributed by atoms with van der Waals surface area (Å²) in [6.07, 6.45) is 1.76. The number of rotatable bonds is 6. The fraction of sp³-hybridized carbons (Fsp3) is 0.250. The smallest absolute Gasteiger partial charge is 0.258 e. The summed E-state index contributed by atoms with van der Waals surface area (Å²) in [6.45, 7) is 2.27. The summed E-state index contributed by atoms with van der Waals surface area (Å²) < 4.78 is 14.7. The Kier molecular flexibility index (Phi) is 5.91. The highest BCUT2D eigenvalue weighted by Crippen LogP contribution is 2.13. The van der Waals surface area contributed by atoms with Crippen LogP contribution in [0.1, 0.15) is 16.8 Å². The number of hydrogen-bond donors (Lipinski definition) is 0. The predicted octanol–water partition coefficient (Wildman–Crippen LogP) is 3.03. The first-order chi connectivity index (χ1) is 12.9. The van der Waals surface area contributed by atoms with Crippen LogP contribution in [0.2, 0.25) is 0 Å². The zero-order valence-electron chi connectivity index (χ0n) is 15.2. The summed E-state index contributed by atoms with van der Waals surface area (Å²) >= 11 is 1.40. The molecule has 27 heavy (non-hydrogen) atoms. The first-order valence-corrected chi connectivity index (χ1v) is 9.63. The number of halogens is 1. The summed E-state index contributed by atoms with van der Waals surface area (Å²) in [5.41, 5.74) is 2.84. The second kappa shape index (κ2) is 8.35. The Morgan fingerprint density at radius 1 is 1.26 bits per heavy atom. The van der Waals surface area contributed by atoms with Gasteiger partial charge in [0.25, 0.3) is 5.56 Å². The molecular weight excluding hydrogens is 365 g/mol. The molecule has 0 atom stereocenters. The van der Waals surface area contributed by atoms with E-state index in [1.165, 1.54) is 34.4 Å². The van der Waals surface area contributed by atoms with Crippen molar-refractivity contribution in [2.75, 3.05) is 12.8 Å². The molecule has 0 unspecified atom stereocenters. The van der Waals surface area contributed by atoms with E-state index in [0.717, 1.165) is 11.1 Å². The third kappa shape index (κ3) is 4.95. The van der Waals surface area contributed by atoms with Crippen molar-refractivity contribution < 1.29 is 9.18 Å². The van der Waals surface area contributed by atoms with Crippen molar-refractivity contribution in [1.29, 1.82) is 0 Å². The van der Waals surface area contributed by atoms with Crippen molar-refractivity contribution in [3.63, 3.8) is 0 Å². The van der Waals surface area contributed by atoms with Gasteiger partial charge in [-0.05, 0) is 36.2 Å². The molecule has 0 fully saturated rings. The number of thioether (sulfide) groups is 1. The molecular formula is C20H20FN3O2S. The van der Waals surface area contributed by atoms with Crippen molar-refractivity contribution >= 4 is 23.3 Å². The number of aryl methyl sites for hydroxylation is 1. The van der Waals surface area contributed by atoms with E-state index in [9.17, 15) is 14.0 Å². The van der Waals surface area contributed by atoms with Crippen molar-refractivity contribution in [3.8, 4) is 0 Å². The SMILES string of the molecule is Cc1ccc2nc(CSCC(=O)N(C)Cc3cccc(F)c3)cc(=O)n2c1. The highest BCUT2D eigenvalue weighted by molar-refractivity contribution is 7.99. The topological polar surface area (TPSA) is 54.7 Å². The number of fused-ring (bicyclic) bond motifs is 1. The van der Waals surface area contributed by atoms with E-state index in [4.69, 9.17) is 0 Å². The maximum absolute atomic E-state index is 13.2. The Hall–Kier alpha value is -2.67. The molecule has 0 radical (unpaired) electrons. The predicted molar refractivity (Wildman–Crippen MR) is 105 cm³/mol. The Morgan fingerprint density at radius 3 is 2.85 bits per heavy atom. The third-order valence-electron chi connectivity index (χ3n) is 4.07. The van der Waals surface area contributed by atoms with Gasteiger partial charge in [0.2, 0.25) is 5.91 Å². The summed E-state index contributed by atoms with van der Waals surface area (Å²) in [5.74, 6) is 0.365. The van der Waals surface area contributed by atoms with Crippen LogP contribution in [0.15, 0.2) is 53.5 Å². The first-order valence-electron chi connectivity index (χ1n) is 8.47. The van der Waals surface area contributed by atoms with Crippen LogP contribution in [0.3, 0.4) is 0 Å². The monoisotopic (exact) mass is 385 g/mol. The van der Waals surface area contributed by atoms with Crippen LogP contribution in [0.4, 0.5) is 4.39 Å². The average molecular weight is 385 g/mol. The average Bonchev–Trinajstić information content (AvgIpc) is 2.62. The molecule has 2 aromatic heterocycles. The lowest BCUT2D eigenvalue weighted by atomic mass is 10.2. The minimum Gasteiger partial charge on any atom is -0.341 e. The lowest BCUT2D eigenvalue weighted by Gasteiger charge is -2.17. The van der Waals surface area contributed by atoms with Gasteiger partial charge in [-0.25, -0.2) is 9.37 Å². The molecule has 2 heterocycles. The van der Waals surface area contributed by atoms with Crippen LogP contribution < -0.4 is 5.56 Å². The van der Waals surface area contributed by atoms with E-state index < -0.39 is 0 Å². The zero-order chi connectivity index (χ0) is 19.4. The molecule has 0 aliphatic carbocycles. The van der Waals surface area contributed by atoms with Gasteiger partial charge in [0.1, 0.15) is 11.5 Å². The van der Waals surface area contributed by atoms with Crippen molar-refractivity contribution in [2.24, 2.45) is 0 Å². The van der Waals surface area contributed by atoms with Gasteiger partial charge in [-0.15, -0.1) is 11.8 Å². The highest BCUT2D eigenvalue weighted by atomic mass is 32.2. The van der Waals surface area contributed by atoms with Gasteiger partial charge in [-0.3, -0.25) is 14.0 Å². The molecule has 0 spiro atoms. The number of carbonyl (C=O) groups excluding carboxylic acids is 1. The fourth-order valence-electron chi connectivity index (χ4n) is 2.68. The summed E-state index contributed by atoms with van der Waals surface area (Å²) in [6, 6.07) is 11.4. The van der Waals surface area contributed by atoms with Crippen molar-refractivity contribution in [1.82, 2.24) is 14.3 Å². The van der Waals surface area contributed by atoms with Crippen molar-refractivity contribution in [2.45, 2.75) is 19.2 Å². The van der Waals surface area contributed by atoms with Crippen molar-refractivity contribution in [3.05, 3.63) is 81.7 Å². The molecule has 0 bridgehead atoms. The van der Waals surface area contributed by atoms with Crippen LogP contribution in [-0.2, 0) is 17.1 Å². The van der Waals surface area contributed by atoms with E-state index in [-0.39, 0.29) is 23.0 Å². The standard InChI is InChI=1S/C20H20FN3O2S/c1-14-6-7-18-22-17(9-19(25)24(18)10-14)12-27-13-20(26)23(2)11-15-4-3-5-16(21)8-15/h3-10H,11-13H2,1-2H3. The lowest BCUT2D eigenvalue weighted by Crippen LogP contribution is -2.28. The van der Waals surface area contributed by atoms with Gasteiger partial charge in [-0.1, -0.05) is 18.2 Å². The Bertz CT molecular complexity index is 1040. The van der Waals surface area contributed by atoms with Gasteiger partial charge >= 0.3 is 0 Å². The number of benzene rings is 1. The molecule has 3 aromatic rings. The Morgan fingerprint density at radius 2 is 2.07 bits per heavy atom. The number of amides is 1. The minimum atomic E-state index is -0.313. The zero-order valence-corrected chi connectivity index (χ0v) is 16.0. The summed E-state index contributed by atoms with van der Waals surface area (Å²) in [5, 5.41) is 0. The second-order valence-electron chi connectivity index (χ2n) is 6.39. The van der Waals surface area contributed by atoms with Gasteiger partial charge < -0.3 is 4.90 Å². The first kappa shape index (κ1) is 19.1. The van der Waals surface area contributed by atoms with Crippen LogP contribution >= 0.6 is 11.8 Å². The number of aromatic nitrogens is 2. The van der Waals surface area contributed by atoms with Crippen LogP contribution in [0.5, 0.6) is 0 Å². The summed E-state index contributed by atoms with van der Waals surface area (Å²) in [7, 11) is 1.69. The molecule has 0 saturated heterocycles. The molecule has 0 aliphatic rings. The molecule has 0 saturated carbocycles. The van der Waals surface area contributed by atoms with Crippen LogP contribution in [0, 0.1) is 12.7 Å². The fourth-order valence-corrected chi connectivity index (χ4v) is 3.54. The maximum Gasteiger partial charge on any atom is 0.258 e. The number of hydrogen-bond acceptors (Lipinski definition) is 4. The third-order valence-corrected chi connectivity index (χ3v) is 5.02. The highest BCUT2D eigenvalue weighted by Gasteiger charge is 2.11. The van der Waals surface area contributed by atoms with Crippen LogP contribution in [-0.4, -0.2) is 33.0 Å². The number of carbonyl (C=O) groups is 1. The molecule has 1 aromatic carbocycles. The molecule has 7 heteroatoms. The number of pyridine rings is 1. The normalized spacial score (nSPS) is 10.9. The molecule has 5 nitrogen and oxygen atoms in total. The molecule has 0 N–H and O–H groups in total. The van der Waals surface area contributed by atoms with Crippen LogP contribution in [0.25, 0.3) is 5.65 Å². The van der Waals surface area contributed by atoms with E-state index in [0.29, 0.717) is 23.6 Å². The molecule has 0 aliphatic heterocycles. The van der Waals surface area contributed by atoms with E-state index in [1.807, 2.05) is 19.1 Å². The van der Waals surface area contributed by atoms with Gasteiger partial charge in [0, 0.05) is 31.6 Å². The largest absolute Gasteiger partial charge is 0.341 e. The number of nitrogens with zero attached hydrogens (tertiary/aromatic N) is 3. The van der Waals surface area contributed by atoms with Gasteiger partial charge in [0.15, 0.2) is 0 Å². The van der Waals surface area contributed by atoms with Gasteiger partial charge in [0.05, 0.1) is 11.4 Å². The molecule has 140 valence electrons. The molecule has 3 rings (SSSR count). The van der Waals surface area contributed by atoms with Gasteiger partial charge in [-0.2, -0.15) is 0 Å².